The van der Waals surface area contributed by atoms with Gasteiger partial charge in [-0.2, -0.15) is 0 Å². The van der Waals surface area contributed by atoms with Gasteiger partial charge in [0.15, 0.2) is 5.03 Å². The number of benzene rings is 1. The summed E-state index contributed by atoms with van der Waals surface area (Å²) in [5.74, 6) is -0.237. The second kappa shape index (κ2) is 12.9. The number of carbonyl (C=O) groups is 2. The van der Waals surface area contributed by atoms with Gasteiger partial charge in [0.25, 0.3) is 11.9 Å². The molecule has 6 atom stereocenters. The maximum absolute atomic E-state index is 13.7. The summed E-state index contributed by atoms with van der Waals surface area (Å²) >= 11 is 3.37. The van der Waals surface area contributed by atoms with Crippen molar-refractivity contribution in [2.75, 3.05) is 6.54 Å². The molecule has 2 bridgehead atoms. The Kier molecular flexibility index (Phi) is 9.88. The first kappa shape index (κ1) is 32.2. The minimum Gasteiger partial charge on any atom is -0.404 e. The Morgan fingerprint density at radius 2 is 1.90 bits per heavy atom. The average Bonchev–Trinajstić information content (AvgIpc) is 3.26. The van der Waals surface area contributed by atoms with Crippen LogP contribution in [0, 0.1) is 33.3 Å². The van der Waals surface area contributed by atoms with Crippen LogP contribution in [0.15, 0.2) is 33.7 Å². The molecule has 1 heterocycles. The summed E-state index contributed by atoms with van der Waals surface area (Å²) in [4.78, 5) is 41.3. The quantitative estimate of drug-likeness (QED) is 0.0668. The van der Waals surface area contributed by atoms with Crippen LogP contribution in [0.25, 0.3) is 0 Å². The normalized spacial score (nSPS) is 27.5. The van der Waals surface area contributed by atoms with Gasteiger partial charge in [0, 0.05) is 16.6 Å². The molecule has 1 aromatic carbocycles. The van der Waals surface area contributed by atoms with Crippen LogP contribution in [0.2, 0.25) is 0 Å². The van der Waals surface area contributed by atoms with E-state index < -0.39 is 35.6 Å². The van der Waals surface area contributed by atoms with E-state index in [0.29, 0.717) is 30.2 Å². The summed E-state index contributed by atoms with van der Waals surface area (Å²) in [7, 11) is -0.595. The number of nitrogens with one attached hydrogen (secondary N) is 3. The predicted octanol–water partition coefficient (Wildman–Crippen LogP) is 3.22. The van der Waals surface area contributed by atoms with Gasteiger partial charge in [-0.15, -0.1) is 0 Å². The van der Waals surface area contributed by atoms with Gasteiger partial charge in [-0.1, -0.05) is 49.1 Å². The van der Waals surface area contributed by atoms with Crippen LogP contribution in [0.4, 0.5) is 0 Å². The molecule has 4 fully saturated rings. The number of nitrogens with zero attached hydrogens (tertiary/aromatic N) is 2. The third kappa shape index (κ3) is 7.08. The van der Waals surface area contributed by atoms with E-state index >= 15 is 0 Å². The van der Waals surface area contributed by atoms with Crippen molar-refractivity contribution in [1.82, 2.24) is 16.1 Å². The Hall–Kier alpha value is -2.71. The number of rotatable bonds is 12. The molecule has 0 spiro atoms. The number of halogens is 1. The van der Waals surface area contributed by atoms with Crippen molar-refractivity contribution >= 4 is 40.8 Å². The van der Waals surface area contributed by atoms with Crippen molar-refractivity contribution in [2.24, 2.45) is 33.9 Å². The minimum absolute atomic E-state index is 0.0187. The molecule has 5 N–H and O–H groups in total. The molecular formula is C28H42BBrN6O6. The van der Waals surface area contributed by atoms with E-state index in [-0.39, 0.29) is 42.3 Å². The molecule has 0 aromatic heterocycles. The maximum atomic E-state index is 13.7. The predicted molar refractivity (Wildman–Crippen MR) is 163 cm³/mol. The smallest absolute Gasteiger partial charge is 0.404 e. The zero-order chi connectivity index (χ0) is 30.8. The zero-order valence-electron chi connectivity index (χ0n) is 24.9. The maximum Gasteiger partial charge on any atom is 0.481 e. The zero-order valence-corrected chi connectivity index (χ0v) is 26.5. The van der Waals surface area contributed by atoms with Gasteiger partial charge >= 0.3 is 7.12 Å². The molecule has 1 aromatic rings. The Balaban J connectivity index is 1.47. The molecule has 5 rings (SSSR count). The Bertz CT molecular complexity index is 1200. The van der Waals surface area contributed by atoms with Crippen LogP contribution < -0.4 is 21.8 Å². The van der Waals surface area contributed by atoms with E-state index in [4.69, 9.17) is 15.0 Å². The highest BCUT2D eigenvalue weighted by atomic mass is 79.9. The second-order valence-corrected chi connectivity index (χ2v) is 13.8. The summed E-state index contributed by atoms with van der Waals surface area (Å²) in [5.41, 5.74) is 7.50. The Morgan fingerprint density at radius 3 is 2.52 bits per heavy atom. The van der Waals surface area contributed by atoms with Crippen LogP contribution in [0.5, 0.6) is 0 Å². The van der Waals surface area contributed by atoms with Crippen LogP contribution in [0.1, 0.15) is 77.1 Å². The monoisotopic (exact) mass is 648 g/mol. The van der Waals surface area contributed by atoms with Gasteiger partial charge in [0.2, 0.25) is 5.91 Å². The lowest BCUT2D eigenvalue weighted by molar-refractivity contribution is -0.525. The standard InChI is InChI=1S/C28H42BBrN6O6/c1-16(2)13-23(29-41-22-15-18-14-21(27(18,3)4)28(22,5)42-29)34-25(38)20(7-6-12-32-26(31)35-36(39)40)33-24(37)17-8-10-19(30)11-9-17/h8-11,16,18,20-23H,6-7,12-15H2,1-5H3,(H,33,37)(H,34,38)(H3,31,32,35)/t18-,20-,21-,22+,23-,28-/m0/s1. The number of amides is 2. The lowest BCUT2D eigenvalue weighted by atomic mass is 9.43. The van der Waals surface area contributed by atoms with Crippen molar-refractivity contribution in [3.05, 3.63) is 44.4 Å². The van der Waals surface area contributed by atoms with Gasteiger partial charge in [-0.25, -0.2) is 15.1 Å². The molecular weight excluding hydrogens is 607 g/mol. The van der Waals surface area contributed by atoms with Gasteiger partial charge < -0.3 is 25.7 Å². The van der Waals surface area contributed by atoms with Gasteiger partial charge in [0.1, 0.15) is 6.04 Å². The Morgan fingerprint density at radius 1 is 1.21 bits per heavy atom. The summed E-state index contributed by atoms with van der Waals surface area (Å²) in [6.45, 7) is 11.1. The topological polar surface area (TPSA) is 170 Å². The number of hydrogen-bond donors (Lipinski definition) is 4. The van der Waals surface area contributed by atoms with E-state index in [0.717, 1.165) is 17.3 Å². The Labute approximate surface area is 255 Å². The fourth-order valence-electron chi connectivity index (χ4n) is 6.84. The molecule has 4 aliphatic rings. The van der Waals surface area contributed by atoms with Crippen LogP contribution in [-0.4, -0.2) is 60.2 Å². The van der Waals surface area contributed by atoms with E-state index in [9.17, 15) is 19.7 Å². The largest absolute Gasteiger partial charge is 0.481 e. The van der Waals surface area contributed by atoms with Crippen molar-refractivity contribution in [3.8, 4) is 0 Å². The number of hydrazine groups is 1. The SMILES string of the molecule is CC(C)C[C@H](NC(=O)[C@H](CCCN=C(N)N[N+](=O)[O-])NC(=O)c1ccc(Br)cc1)B1O[C@@H]2C[C@@H]3C[C@@H](C3(C)C)[C@]2(C)O1. The summed E-state index contributed by atoms with van der Waals surface area (Å²) < 4.78 is 14.0. The first-order valence-electron chi connectivity index (χ1n) is 14.6. The molecule has 3 aliphatic carbocycles. The van der Waals surface area contributed by atoms with Gasteiger partial charge in [-0.3, -0.25) is 9.59 Å². The number of nitrogens with two attached hydrogens (primary N) is 1. The minimum atomic E-state index is -0.887. The fraction of sp³-hybridized carbons (Fsp3) is 0.679. The van der Waals surface area contributed by atoms with E-state index in [1.54, 1.807) is 29.7 Å². The van der Waals surface area contributed by atoms with Crippen LogP contribution in [-0.2, 0) is 14.1 Å². The number of guanidine groups is 1. The molecule has 230 valence electrons. The molecule has 0 radical (unpaired) electrons. The molecule has 42 heavy (non-hydrogen) atoms. The fourth-order valence-corrected chi connectivity index (χ4v) is 7.10. The second-order valence-electron chi connectivity index (χ2n) is 12.9. The molecule has 2 amide bonds. The summed E-state index contributed by atoms with van der Waals surface area (Å²) in [5, 5.41) is 15.8. The number of nitro groups is 1. The number of carbonyl (C=O) groups excluding carboxylic acids is 2. The van der Waals surface area contributed by atoms with Crippen molar-refractivity contribution in [2.45, 2.75) is 90.4 Å². The molecule has 0 unspecified atom stereocenters. The van der Waals surface area contributed by atoms with Crippen molar-refractivity contribution in [3.63, 3.8) is 0 Å². The van der Waals surface area contributed by atoms with Gasteiger partial charge in [-0.05, 0) is 86.5 Å². The van der Waals surface area contributed by atoms with Crippen molar-refractivity contribution < 1.29 is 23.9 Å². The first-order chi connectivity index (χ1) is 19.7. The van der Waals surface area contributed by atoms with Gasteiger partial charge in [0.05, 0.1) is 17.6 Å². The lowest BCUT2D eigenvalue weighted by Crippen LogP contribution is -2.65. The highest BCUT2D eigenvalue weighted by Gasteiger charge is 2.68. The molecule has 3 saturated carbocycles. The summed E-state index contributed by atoms with van der Waals surface area (Å²) in [6.07, 6.45) is 3.28. The highest BCUT2D eigenvalue weighted by Crippen LogP contribution is 2.65. The van der Waals surface area contributed by atoms with E-state index in [1.165, 1.54) is 0 Å². The van der Waals surface area contributed by atoms with Crippen molar-refractivity contribution in [1.29, 1.82) is 0 Å². The lowest BCUT2D eigenvalue weighted by Gasteiger charge is -2.64. The third-order valence-electron chi connectivity index (χ3n) is 9.22. The molecule has 12 nitrogen and oxygen atoms in total. The van der Waals surface area contributed by atoms with E-state index in [1.807, 2.05) is 0 Å². The average molecular weight is 649 g/mol. The number of aliphatic imine (C=N–C) groups is 1. The highest BCUT2D eigenvalue weighted by molar-refractivity contribution is 9.10. The molecule has 1 saturated heterocycles. The van der Waals surface area contributed by atoms with Crippen LogP contribution in [0.3, 0.4) is 0 Å². The van der Waals surface area contributed by atoms with E-state index in [2.05, 4.69) is 66.2 Å². The third-order valence-corrected chi connectivity index (χ3v) is 9.75. The molecule has 1 aliphatic heterocycles. The first-order valence-corrected chi connectivity index (χ1v) is 15.4. The van der Waals surface area contributed by atoms with Crippen LogP contribution >= 0.6 is 15.9 Å². The molecule has 14 heteroatoms. The number of hydrogen-bond acceptors (Lipinski definition) is 7. The summed E-state index contributed by atoms with van der Waals surface area (Å²) in [6, 6.07) is 5.95.